The lowest BCUT2D eigenvalue weighted by atomic mass is 9.80. The van der Waals surface area contributed by atoms with Gasteiger partial charge >= 0.3 is 0 Å². The average molecular weight is 315 g/mol. The zero-order valence-corrected chi connectivity index (χ0v) is 12.5. The Balaban J connectivity index is 1.86. The Morgan fingerprint density at radius 1 is 1.28 bits per heavy atom. The molecule has 1 aliphatic rings. The fourth-order valence-corrected chi connectivity index (χ4v) is 2.92. The summed E-state index contributed by atoms with van der Waals surface area (Å²) in [5.74, 6) is 1.33. The van der Waals surface area contributed by atoms with Crippen LogP contribution in [0.3, 0.4) is 0 Å². The van der Waals surface area contributed by atoms with E-state index in [0.717, 1.165) is 30.2 Å². The van der Waals surface area contributed by atoms with Crippen molar-refractivity contribution in [2.24, 2.45) is 11.8 Å². The Bertz CT molecular complexity index is 407. The molecule has 18 heavy (non-hydrogen) atoms. The van der Waals surface area contributed by atoms with E-state index in [9.17, 15) is 4.39 Å². The summed E-state index contributed by atoms with van der Waals surface area (Å²) < 4.78 is 19.5. The second-order valence-electron chi connectivity index (χ2n) is 5.45. The van der Waals surface area contributed by atoms with Crippen molar-refractivity contribution in [2.45, 2.75) is 45.8 Å². The maximum Gasteiger partial charge on any atom is 0.137 e. The smallest absolute Gasteiger partial charge is 0.137 e. The van der Waals surface area contributed by atoms with E-state index in [2.05, 4.69) is 29.8 Å². The van der Waals surface area contributed by atoms with Crippen LogP contribution in [-0.2, 0) is 11.3 Å². The third kappa shape index (κ3) is 3.55. The molecule has 0 N–H and O–H groups in total. The molecule has 1 aromatic carbocycles. The second-order valence-corrected chi connectivity index (χ2v) is 6.30. The highest BCUT2D eigenvalue weighted by Crippen LogP contribution is 2.31. The summed E-state index contributed by atoms with van der Waals surface area (Å²) in [5, 5.41) is 0. The van der Waals surface area contributed by atoms with E-state index in [1.807, 2.05) is 0 Å². The number of hydrogen-bond acceptors (Lipinski definition) is 1. The number of benzene rings is 1. The van der Waals surface area contributed by atoms with Gasteiger partial charge in [0.2, 0.25) is 0 Å². The minimum absolute atomic E-state index is 0.223. The molecule has 0 aromatic heterocycles. The average Bonchev–Trinajstić information content (AvgIpc) is 2.35. The van der Waals surface area contributed by atoms with Crippen LogP contribution in [0.2, 0.25) is 0 Å². The molecular weight excluding hydrogens is 295 g/mol. The topological polar surface area (TPSA) is 9.23 Å². The lowest BCUT2D eigenvalue weighted by Crippen LogP contribution is -2.26. The Labute approximate surface area is 117 Å². The van der Waals surface area contributed by atoms with Gasteiger partial charge in [0.05, 0.1) is 17.2 Å². The van der Waals surface area contributed by atoms with Gasteiger partial charge < -0.3 is 4.74 Å². The van der Waals surface area contributed by atoms with Gasteiger partial charge in [-0.3, -0.25) is 0 Å². The molecule has 0 aliphatic heterocycles. The van der Waals surface area contributed by atoms with Gasteiger partial charge in [-0.25, -0.2) is 4.39 Å². The number of halogens is 2. The first kappa shape index (κ1) is 14.0. The molecule has 100 valence electrons. The maximum atomic E-state index is 13.1. The van der Waals surface area contributed by atoms with Gasteiger partial charge in [0, 0.05) is 0 Å². The predicted octanol–water partition coefficient (Wildman–Crippen LogP) is 4.93. The van der Waals surface area contributed by atoms with Gasteiger partial charge in [0.15, 0.2) is 0 Å². The van der Waals surface area contributed by atoms with E-state index in [-0.39, 0.29) is 5.82 Å². The molecule has 1 fully saturated rings. The lowest BCUT2D eigenvalue weighted by molar-refractivity contribution is -0.00748. The van der Waals surface area contributed by atoms with Crippen LogP contribution in [0.25, 0.3) is 0 Å². The summed E-state index contributed by atoms with van der Waals surface area (Å²) in [6, 6.07) is 5.06. The van der Waals surface area contributed by atoms with Crippen molar-refractivity contribution < 1.29 is 9.13 Å². The quantitative estimate of drug-likeness (QED) is 0.768. The van der Waals surface area contributed by atoms with E-state index < -0.39 is 0 Å². The third-order valence-corrected chi connectivity index (χ3v) is 4.63. The van der Waals surface area contributed by atoms with Gasteiger partial charge in [0.1, 0.15) is 5.82 Å². The number of ether oxygens (including phenoxy) is 1. The minimum atomic E-state index is -0.223. The Morgan fingerprint density at radius 2 is 2.06 bits per heavy atom. The van der Waals surface area contributed by atoms with Crippen molar-refractivity contribution in [2.75, 3.05) is 0 Å². The molecule has 3 unspecified atom stereocenters. The minimum Gasteiger partial charge on any atom is -0.374 e. The summed E-state index contributed by atoms with van der Waals surface area (Å²) >= 11 is 3.20. The Morgan fingerprint density at radius 3 is 2.72 bits per heavy atom. The van der Waals surface area contributed by atoms with Crippen LogP contribution in [-0.4, -0.2) is 6.10 Å². The molecule has 0 spiro atoms. The van der Waals surface area contributed by atoms with E-state index in [1.165, 1.54) is 12.5 Å². The number of hydrogen-bond donors (Lipinski definition) is 0. The highest BCUT2D eigenvalue weighted by molar-refractivity contribution is 9.10. The van der Waals surface area contributed by atoms with Crippen molar-refractivity contribution in [3.63, 3.8) is 0 Å². The van der Waals surface area contributed by atoms with Crippen LogP contribution < -0.4 is 0 Å². The predicted molar refractivity (Wildman–Crippen MR) is 74.9 cm³/mol. The first-order chi connectivity index (χ1) is 8.56. The van der Waals surface area contributed by atoms with Crippen LogP contribution >= 0.6 is 15.9 Å². The van der Waals surface area contributed by atoms with Crippen LogP contribution in [0, 0.1) is 17.7 Å². The van der Waals surface area contributed by atoms with Gasteiger partial charge in [-0.05, 0) is 64.7 Å². The lowest BCUT2D eigenvalue weighted by Gasteiger charge is -2.32. The molecule has 0 radical (unpaired) electrons. The molecule has 1 saturated carbocycles. The second kappa shape index (κ2) is 6.16. The van der Waals surface area contributed by atoms with Crippen molar-refractivity contribution in [1.29, 1.82) is 0 Å². The fourth-order valence-electron chi connectivity index (χ4n) is 2.49. The highest BCUT2D eigenvalue weighted by atomic mass is 79.9. The van der Waals surface area contributed by atoms with E-state index >= 15 is 0 Å². The summed E-state index contributed by atoms with van der Waals surface area (Å²) in [5.41, 5.74) is 1.02. The van der Waals surface area contributed by atoms with Crippen molar-refractivity contribution >= 4 is 15.9 Å². The van der Waals surface area contributed by atoms with Crippen molar-refractivity contribution in [1.82, 2.24) is 0 Å². The van der Waals surface area contributed by atoms with Gasteiger partial charge in [-0.1, -0.05) is 19.9 Å². The molecule has 3 heteroatoms. The molecule has 1 aliphatic carbocycles. The zero-order chi connectivity index (χ0) is 13.1. The normalized spacial score (nSPS) is 28.3. The molecule has 1 nitrogen and oxygen atoms in total. The molecule has 3 atom stereocenters. The molecule has 0 heterocycles. The molecule has 0 amide bonds. The zero-order valence-electron chi connectivity index (χ0n) is 11.0. The van der Waals surface area contributed by atoms with E-state index in [4.69, 9.17) is 4.74 Å². The van der Waals surface area contributed by atoms with Gasteiger partial charge in [-0.2, -0.15) is 0 Å². The third-order valence-electron chi connectivity index (χ3n) is 4.02. The van der Waals surface area contributed by atoms with Gasteiger partial charge in [0.25, 0.3) is 0 Å². The monoisotopic (exact) mass is 314 g/mol. The van der Waals surface area contributed by atoms with Crippen molar-refractivity contribution in [3.05, 3.63) is 34.1 Å². The van der Waals surface area contributed by atoms with E-state index in [0.29, 0.717) is 17.2 Å². The van der Waals surface area contributed by atoms with E-state index in [1.54, 1.807) is 12.1 Å². The summed E-state index contributed by atoms with van der Waals surface area (Å²) in [7, 11) is 0. The van der Waals surface area contributed by atoms with Crippen LogP contribution in [0.4, 0.5) is 4.39 Å². The molecular formula is C15H20BrFO. The van der Waals surface area contributed by atoms with Crippen LogP contribution in [0.15, 0.2) is 22.7 Å². The summed E-state index contributed by atoms with van der Waals surface area (Å²) in [6.45, 7) is 5.19. The standard InChI is InChI=1S/C15H20BrFO/c1-10-3-5-13(7-11(10)2)18-9-12-4-6-15(17)14(16)8-12/h4,6,8,10-11,13H,3,5,7,9H2,1-2H3. The Hall–Kier alpha value is -0.410. The first-order valence-electron chi connectivity index (χ1n) is 6.61. The molecule has 1 aromatic rings. The number of rotatable bonds is 3. The molecule has 2 rings (SSSR count). The molecule has 0 bridgehead atoms. The van der Waals surface area contributed by atoms with Gasteiger partial charge in [-0.15, -0.1) is 0 Å². The summed E-state index contributed by atoms with van der Waals surface area (Å²) in [4.78, 5) is 0. The van der Waals surface area contributed by atoms with Crippen molar-refractivity contribution in [3.8, 4) is 0 Å². The summed E-state index contributed by atoms with van der Waals surface area (Å²) in [6.07, 6.45) is 3.90. The Kier molecular flexibility index (Phi) is 4.79. The largest absolute Gasteiger partial charge is 0.374 e. The van der Waals surface area contributed by atoms with Crippen LogP contribution in [0.1, 0.15) is 38.7 Å². The first-order valence-corrected chi connectivity index (χ1v) is 7.41. The van der Waals surface area contributed by atoms with Crippen LogP contribution in [0.5, 0.6) is 0 Å². The maximum absolute atomic E-state index is 13.1. The molecule has 0 saturated heterocycles. The fraction of sp³-hybridized carbons (Fsp3) is 0.600. The highest BCUT2D eigenvalue weighted by Gasteiger charge is 2.24. The SMILES string of the molecule is CC1CCC(OCc2ccc(F)c(Br)c2)CC1C.